The molecule has 0 fully saturated rings. The SMILES string of the molecule is Cc1ccc(CNC(=O)CCc2c(C)nc3c4ccccc4nn3c2C)cc1F. The Morgan fingerprint density at radius 2 is 1.93 bits per heavy atom. The molecule has 148 valence electrons. The van der Waals surface area contributed by atoms with E-state index in [1.165, 1.54) is 6.07 Å². The Hall–Kier alpha value is -3.28. The van der Waals surface area contributed by atoms with E-state index in [4.69, 9.17) is 4.98 Å². The van der Waals surface area contributed by atoms with Crippen LogP contribution in [0.5, 0.6) is 0 Å². The fourth-order valence-corrected chi connectivity index (χ4v) is 3.61. The quantitative estimate of drug-likeness (QED) is 0.556. The van der Waals surface area contributed by atoms with E-state index in [9.17, 15) is 9.18 Å². The van der Waals surface area contributed by atoms with Gasteiger partial charge in [0.25, 0.3) is 0 Å². The number of hydrogen-bond donors (Lipinski definition) is 1. The van der Waals surface area contributed by atoms with Crippen LogP contribution in [0.15, 0.2) is 42.5 Å². The third-order valence-corrected chi connectivity index (χ3v) is 5.35. The van der Waals surface area contributed by atoms with Crippen LogP contribution in [0.2, 0.25) is 0 Å². The van der Waals surface area contributed by atoms with Crippen molar-refractivity contribution in [3.8, 4) is 0 Å². The molecule has 1 amide bonds. The van der Waals surface area contributed by atoms with Crippen molar-refractivity contribution in [2.75, 3.05) is 0 Å². The van der Waals surface area contributed by atoms with Gasteiger partial charge in [-0.1, -0.05) is 24.3 Å². The minimum atomic E-state index is -0.256. The molecule has 0 aliphatic heterocycles. The third kappa shape index (κ3) is 3.70. The van der Waals surface area contributed by atoms with Gasteiger partial charge < -0.3 is 5.32 Å². The maximum atomic E-state index is 13.6. The Kier molecular flexibility index (Phi) is 5.01. The van der Waals surface area contributed by atoms with Gasteiger partial charge in [0.15, 0.2) is 5.65 Å². The lowest BCUT2D eigenvalue weighted by Crippen LogP contribution is -2.23. The Balaban J connectivity index is 1.48. The number of nitrogens with one attached hydrogen (secondary N) is 1. The predicted molar refractivity (Wildman–Crippen MR) is 111 cm³/mol. The predicted octanol–water partition coefficient (Wildman–Crippen LogP) is 4.20. The molecule has 6 heteroatoms. The summed E-state index contributed by atoms with van der Waals surface area (Å²) in [5.41, 5.74) is 6.03. The molecular formula is C23H23FN4O. The lowest BCUT2D eigenvalue weighted by atomic mass is 10.1. The highest BCUT2D eigenvalue weighted by molar-refractivity contribution is 5.92. The van der Waals surface area contributed by atoms with Crippen molar-refractivity contribution in [2.24, 2.45) is 0 Å². The molecular weight excluding hydrogens is 367 g/mol. The second-order valence-electron chi connectivity index (χ2n) is 7.37. The molecule has 0 atom stereocenters. The molecule has 0 saturated carbocycles. The molecule has 2 heterocycles. The van der Waals surface area contributed by atoms with Gasteiger partial charge in [0.1, 0.15) is 5.82 Å². The van der Waals surface area contributed by atoms with Crippen LogP contribution in [-0.4, -0.2) is 20.5 Å². The van der Waals surface area contributed by atoms with E-state index >= 15 is 0 Å². The number of fused-ring (bicyclic) bond motifs is 3. The van der Waals surface area contributed by atoms with Crippen LogP contribution in [0.3, 0.4) is 0 Å². The summed E-state index contributed by atoms with van der Waals surface area (Å²) in [6, 6.07) is 12.9. The monoisotopic (exact) mass is 390 g/mol. The van der Waals surface area contributed by atoms with E-state index < -0.39 is 0 Å². The summed E-state index contributed by atoms with van der Waals surface area (Å²) in [4.78, 5) is 17.1. The minimum Gasteiger partial charge on any atom is -0.352 e. The summed E-state index contributed by atoms with van der Waals surface area (Å²) >= 11 is 0. The van der Waals surface area contributed by atoms with Gasteiger partial charge in [0, 0.05) is 29.7 Å². The molecule has 0 unspecified atom stereocenters. The third-order valence-electron chi connectivity index (χ3n) is 5.35. The zero-order valence-electron chi connectivity index (χ0n) is 16.8. The lowest BCUT2D eigenvalue weighted by Gasteiger charge is -2.11. The molecule has 1 N–H and O–H groups in total. The zero-order chi connectivity index (χ0) is 20.5. The van der Waals surface area contributed by atoms with Crippen LogP contribution in [0.1, 0.15) is 34.5 Å². The number of hydrogen-bond acceptors (Lipinski definition) is 3. The van der Waals surface area contributed by atoms with Crippen molar-refractivity contribution in [3.05, 3.63) is 76.4 Å². The Bertz CT molecular complexity index is 1230. The fraction of sp³-hybridized carbons (Fsp3) is 0.261. The molecule has 4 aromatic rings. The molecule has 2 aromatic carbocycles. The molecule has 0 aliphatic carbocycles. The minimum absolute atomic E-state index is 0.0736. The number of aryl methyl sites for hydroxylation is 3. The summed E-state index contributed by atoms with van der Waals surface area (Å²) < 4.78 is 15.5. The van der Waals surface area contributed by atoms with Crippen LogP contribution in [0, 0.1) is 26.6 Å². The first-order valence-corrected chi connectivity index (χ1v) is 9.69. The number of amides is 1. The number of carbonyl (C=O) groups is 1. The number of nitrogens with zero attached hydrogens (tertiary/aromatic N) is 3. The van der Waals surface area contributed by atoms with E-state index in [1.807, 2.05) is 48.7 Å². The van der Waals surface area contributed by atoms with Crippen molar-refractivity contribution in [1.82, 2.24) is 19.9 Å². The lowest BCUT2D eigenvalue weighted by molar-refractivity contribution is -0.121. The number of halogens is 1. The van der Waals surface area contributed by atoms with Gasteiger partial charge >= 0.3 is 0 Å². The number of aromatic nitrogens is 3. The molecule has 0 bridgehead atoms. The first kappa shape index (κ1) is 19.1. The van der Waals surface area contributed by atoms with Crippen LogP contribution in [0.25, 0.3) is 16.6 Å². The average molecular weight is 390 g/mol. The van der Waals surface area contributed by atoms with Crippen LogP contribution >= 0.6 is 0 Å². The van der Waals surface area contributed by atoms with Gasteiger partial charge in [-0.25, -0.2) is 13.9 Å². The van der Waals surface area contributed by atoms with Gasteiger partial charge in [-0.2, -0.15) is 5.10 Å². The smallest absolute Gasteiger partial charge is 0.220 e. The second-order valence-corrected chi connectivity index (χ2v) is 7.37. The molecule has 2 aromatic heterocycles. The largest absolute Gasteiger partial charge is 0.352 e. The van der Waals surface area contributed by atoms with Crippen LogP contribution in [-0.2, 0) is 17.8 Å². The summed E-state index contributed by atoms with van der Waals surface area (Å²) in [6.45, 7) is 6.01. The summed E-state index contributed by atoms with van der Waals surface area (Å²) in [7, 11) is 0. The van der Waals surface area contributed by atoms with Crippen molar-refractivity contribution in [2.45, 2.75) is 40.2 Å². The Labute approximate surface area is 168 Å². The zero-order valence-corrected chi connectivity index (χ0v) is 16.8. The van der Waals surface area contributed by atoms with Crippen LogP contribution < -0.4 is 5.32 Å². The van der Waals surface area contributed by atoms with E-state index in [0.717, 1.165) is 39.1 Å². The normalized spacial score (nSPS) is 11.3. The maximum absolute atomic E-state index is 13.6. The molecule has 5 nitrogen and oxygen atoms in total. The maximum Gasteiger partial charge on any atom is 0.220 e. The van der Waals surface area contributed by atoms with Gasteiger partial charge in [-0.05, 0) is 62.1 Å². The van der Waals surface area contributed by atoms with E-state index in [1.54, 1.807) is 13.0 Å². The van der Waals surface area contributed by atoms with Crippen molar-refractivity contribution in [3.63, 3.8) is 0 Å². The molecule has 4 rings (SSSR count). The second kappa shape index (κ2) is 7.62. The summed E-state index contributed by atoms with van der Waals surface area (Å²) in [5, 5.41) is 8.54. The number of rotatable bonds is 5. The van der Waals surface area contributed by atoms with E-state index in [2.05, 4.69) is 10.4 Å². The Morgan fingerprint density at radius 1 is 1.14 bits per heavy atom. The molecule has 29 heavy (non-hydrogen) atoms. The van der Waals surface area contributed by atoms with Gasteiger partial charge in [-0.15, -0.1) is 0 Å². The molecule has 0 spiro atoms. The first-order valence-electron chi connectivity index (χ1n) is 9.69. The van der Waals surface area contributed by atoms with E-state index in [0.29, 0.717) is 24.9 Å². The Morgan fingerprint density at radius 3 is 2.72 bits per heavy atom. The fourth-order valence-electron chi connectivity index (χ4n) is 3.61. The van der Waals surface area contributed by atoms with Gasteiger partial charge in [0.2, 0.25) is 5.91 Å². The standard InChI is InChI=1S/C23H23FN4O/c1-14-8-9-17(12-20(14)24)13-25-22(29)11-10-18-15(2)26-23-19-6-4-5-7-21(19)27-28(23)16(18)3/h4-9,12H,10-11,13H2,1-3H3,(H,25,29). The summed E-state index contributed by atoms with van der Waals surface area (Å²) in [5.74, 6) is -0.329. The molecule has 0 radical (unpaired) electrons. The highest BCUT2D eigenvalue weighted by Gasteiger charge is 2.15. The van der Waals surface area contributed by atoms with Crippen molar-refractivity contribution in [1.29, 1.82) is 0 Å². The highest BCUT2D eigenvalue weighted by atomic mass is 19.1. The van der Waals surface area contributed by atoms with E-state index in [-0.39, 0.29) is 11.7 Å². The van der Waals surface area contributed by atoms with Crippen LogP contribution in [0.4, 0.5) is 4.39 Å². The number of benzene rings is 2. The first-order chi connectivity index (χ1) is 13.9. The molecule has 0 saturated heterocycles. The number of carbonyl (C=O) groups excluding carboxylic acids is 1. The van der Waals surface area contributed by atoms with Gasteiger partial charge in [0.05, 0.1) is 5.52 Å². The van der Waals surface area contributed by atoms with Crippen molar-refractivity contribution < 1.29 is 9.18 Å². The van der Waals surface area contributed by atoms with Crippen molar-refractivity contribution >= 4 is 22.5 Å². The van der Waals surface area contributed by atoms with Gasteiger partial charge in [-0.3, -0.25) is 4.79 Å². The highest BCUT2D eigenvalue weighted by Crippen LogP contribution is 2.22. The average Bonchev–Trinajstić information content (AvgIpc) is 3.07. The summed E-state index contributed by atoms with van der Waals surface area (Å²) in [6.07, 6.45) is 0.912. The topological polar surface area (TPSA) is 59.3 Å². The molecule has 0 aliphatic rings.